The Hall–Kier alpha value is -1.22. The number of hydrogen-bond acceptors (Lipinski definition) is 2. The number of thioether (sulfide) groups is 1. The summed E-state index contributed by atoms with van der Waals surface area (Å²) in [7, 11) is 0. The van der Waals surface area contributed by atoms with E-state index in [0.29, 0.717) is 5.25 Å². The van der Waals surface area contributed by atoms with Crippen molar-refractivity contribution < 1.29 is 0 Å². The van der Waals surface area contributed by atoms with E-state index in [1.54, 1.807) is 11.8 Å². The van der Waals surface area contributed by atoms with Gasteiger partial charge in [-0.25, -0.2) is 4.98 Å². The molecule has 2 rings (SSSR count). The lowest BCUT2D eigenvalue weighted by Gasteiger charge is -2.11. The number of aromatic nitrogens is 2. The highest BCUT2D eigenvalue weighted by Gasteiger charge is 2.08. The lowest BCUT2D eigenvalue weighted by Crippen LogP contribution is -1.99. The van der Waals surface area contributed by atoms with E-state index < -0.39 is 0 Å². The molecule has 0 aliphatic rings. The molecule has 16 heavy (non-hydrogen) atoms. The summed E-state index contributed by atoms with van der Waals surface area (Å²) in [5, 5.41) is 1.61. The lowest BCUT2D eigenvalue weighted by molar-refractivity contribution is 0.881. The topological polar surface area (TPSA) is 17.8 Å². The smallest absolute Gasteiger partial charge is 0.172 e. The first-order valence-corrected chi connectivity index (χ1v) is 6.32. The van der Waals surface area contributed by atoms with E-state index in [1.165, 1.54) is 11.3 Å². The summed E-state index contributed by atoms with van der Waals surface area (Å²) in [6, 6.07) is 8.37. The number of para-hydroxylation sites is 1. The maximum atomic E-state index is 4.40. The second-order valence-corrected chi connectivity index (χ2v) is 5.58. The van der Waals surface area contributed by atoms with Crippen LogP contribution in [-0.4, -0.2) is 14.8 Å². The van der Waals surface area contributed by atoms with Gasteiger partial charge in [-0.2, -0.15) is 0 Å². The molecule has 1 aromatic carbocycles. The fraction of sp³-hybridized carbons (Fsp3) is 0.308. The third kappa shape index (κ3) is 2.30. The van der Waals surface area contributed by atoms with Crippen molar-refractivity contribution in [3.8, 4) is 5.69 Å². The summed E-state index contributed by atoms with van der Waals surface area (Å²) in [5.41, 5.74) is 2.48. The Morgan fingerprint density at radius 1 is 1.25 bits per heavy atom. The molecule has 0 aliphatic heterocycles. The van der Waals surface area contributed by atoms with Crippen LogP contribution in [0.15, 0.2) is 41.8 Å². The van der Waals surface area contributed by atoms with E-state index in [4.69, 9.17) is 0 Å². The molecule has 84 valence electrons. The minimum atomic E-state index is 0.546. The number of benzene rings is 1. The first kappa shape index (κ1) is 11.3. The van der Waals surface area contributed by atoms with E-state index in [0.717, 1.165) is 5.16 Å². The van der Waals surface area contributed by atoms with Crippen LogP contribution in [0.2, 0.25) is 0 Å². The Bertz CT molecular complexity index is 474. The van der Waals surface area contributed by atoms with Crippen molar-refractivity contribution in [1.82, 2.24) is 9.55 Å². The van der Waals surface area contributed by atoms with E-state index in [2.05, 4.69) is 54.6 Å². The van der Waals surface area contributed by atoms with Crippen LogP contribution < -0.4 is 0 Å². The van der Waals surface area contributed by atoms with Crippen LogP contribution in [0.3, 0.4) is 0 Å². The predicted octanol–water partition coefficient (Wildman–Crippen LogP) is 3.68. The largest absolute Gasteiger partial charge is 0.295 e. The van der Waals surface area contributed by atoms with Crippen LogP contribution >= 0.6 is 11.8 Å². The summed E-state index contributed by atoms with van der Waals surface area (Å²) < 4.78 is 2.15. The van der Waals surface area contributed by atoms with Gasteiger partial charge in [0.25, 0.3) is 0 Å². The van der Waals surface area contributed by atoms with E-state index in [-0.39, 0.29) is 0 Å². The van der Waals surface area contributed by atoms with Crippen molar-refractivity contribution in [2.24, 2.45) is 0 Å². The Morgan fingerprint density at radius 3 is 2.69 bits per heavy atom. The van der Waals surface area contributed by atoms with Crippen LogP contribution in [0.1, 0.15) is 19.4 Å². The first-order valence-electron chi connectivity index (χ1n) is 5.44. The quantitative estimate of drug-likeness (QED) is 0.751. The van der Waals surface area contributed by atoms with Gasteiger partial charge < -0.3 is 0 Å². The SMILES string of the molecule is Cc1ccccc1-n1ccnc1SC(C)C. The van der Waals surface area contributed by atoms with Crippen molar-refractivity contribution in [2.75, 3.05) is 0 Å². The van der Waals surface area contributed by atoms with Gasteiger partial charge in [-0.3, -0.25) is 4.57 Å². The number of rotatable bonds is 3. The summed E-state index contributed by atoms with van der Waals surface area (Å²) in [4.78, 5) is 4.40. The highest BCUT2D eigenvalue weighted by molar-refractivity contribution is 7.99. The third-order valence-electron chi connectivity index (χ3n) is 2.32. The average molecular weight is 232 g/mol. The summed E-state index contributed by atoms with van der Waals surface area (Å²) >= 11 is 1.79. The highest BCUT2D eigenvalue weighted by Crippen LogP contribution is 2.25. The fourth-order valence-electron chi connectivity index (χ4n) is 1.60. The van der Waals surface area contributed by atoms with Crippen molar-refractivity contribution in [3.63, 3.8) is 0 Å². The molecule has 2 aromatic rings. The normalized spacial score (nSPS) is 11.0. The molecule has 0 fully saturated rings. The van der Waals surface area contributed by atoms with Crippen molar-refractivity contribution in [2.45, 2.75) is 31.2 Å². The molecule has 3 heteroatoms. The number of hydrogen-bond donors (Lipinski definition) is 0. The minimum Gasteiger partial charge on any atom is -0.295 e. The fourth-order valence-corrected chi connectivity index (χ4v) is 2.42. The molecule has 0 spiro atoms. The molecule has 0 saturated heterocycles. The predicted molar refractivity (Wildman–Crippen MR) is 69.3 cm³/mol. The Balaban J connectivity index is 2.41. The molecule has 2 nitrogen and oxygen atoms in total. The molecule has 0 bridgehead atoms. The highest BCUT2D eigenvalue weighted by atomic mass is 32.2. The number of aryl methyl sites for hydroxylation is 1. The second-order valence-electron chi connectivity index (χ2n) is 4.03. The van der Waals surface area contributed by atoms with Crippen molar-refractivity contribution in [3.05, 3.63) is 42.2 Å². The van der Waals surface area contributed by atoms with Crippen molar-refractivity contribution >= 4 is 11.8 Å². The molecule has 0 atom stereocenters. The Kier molecular flexibility index (Phi) is 3.34. The number of nitrogens with zero attached hydrogens (tertiary/aromatic N) is 2. The van der Waals surface area contributed by atoms with E-state index >= 15 is 0 Å². The summed E-state index contributed by atoms with van der Waals surface area (Å²) in [5.74, 6) is 0. The molecular formula is C13H16N2S. The summed E-state index contributed by atoms with van der Waals surface area (Å²) in [6.07, 6.45) is 3.88. The molecular weight excluding hydrogens is 216 g/mol. The van der Waals surface area contributed by atoms with Gasteiger partial charge in [-0.15, -0.1) is 0 Å². The molecule has 0 amide bonds. The van der Waals surface area contributed by atoms with E-state index in [1.807, 2.05) is 12.4 Å². The zero-order valence-corrected chi connectivity index (χ0v) is 10.7. The third-order valence-corrected chi connectivity index (χ3v) is 3.31. The standard InChI is InChI=1S/C13H16N2S/c1-10(2)16-13-14-8-9-15(13)12-7-5-4-6-11(12)3/h4-10H,1-3H3. The van der Waals surface area contributed by atoms with Crippen LogP contribution in [0.4, 0.5) is 0 Å². The Labute approximate surface area is 101 Å². The van der Waals surface area contributed by atoms with Crippen LogP contribution in [0, 0.1) is 6.92 Å². The molecule has 0 saturated carbocycles. The van der Waals surface area contributed by atoms with E-state index in [9.17, 15) is 0 Å². The lowest BCUT2D eigenvalue weighted by atomic mass is 10.2. The second kappa shape index (κ2) is 4.74. The molecule has 0 N–H and O–H groups in total. The van der Waals surface area contributed by atoms with Gasteiger partial charge in [0.2, 0.25) is 0 Å². The molecule has 0 radical (unpaired) electrons. The van der Waals surface area contributed by atoms with Crippen LogP contribution in [-0.2, 0) is 0 Å². The molecule has 0 aliphatic carbocycles. The van der Waals surface area contributed by atoms with Gasteiger partial charge in [-0.05, 0) is 18.6 Å². The maximum absolute atomic E-state index is 4.40. The number of imidazole rings is 1. The minimum absolute atomic E-state index is 0.546. The van der Waals surface area contributed by atoms with Gasteiger partial charge in [0.15, 0.2) is 5.16 Å². The zero-order valence-electron chi connectivity index (χ0n) is 9.84. The maximum Gasteiger partial charge on any atom is 0.172 e. The van der Waals surface area contributed by atoms with Gasteiger partial charge >= 0.3 is 0 Å². The molecule has 0 unspecified atom stereocenters. The van der Waals surface area contributed by atoms with Gasteiger partial charge in [0.05, 0.1) is 5.69 Å². The molecule has 1 heterocycles. The first-order chi connectivity index (χ1) is 7.68. The Morgan fingerprint density at radius 2 is 2.00 bits per heavy atom. The average Bonchev–Trinajstić information content (AvgIpc) is 2.66. The summed E-state index contributed by atoms with van der Waals surface area (Å²) in [6.45, 7) is 6.49. The van der Waals surface area contributed by atoms with Gasteiger partial charge in [-0.1, -0.05) is 43.8 Å². The van der Waals surface area contributed by atoms with Crippen LogP contribution in [0.5, 0.6) is 0 Å². The van der Waals surface area contributed by atoms with Gasteiger partial charge in [0.1, 0.15) is 0 Å². The van der Waals surface area contributed by atoms with Crippen LogP contribution in [0.25, 0.3) is 5.69 Å². The zero-order chi connectivity index (χ0) is 11.5. The van der Waals surface area contributed by atoms with Crippen molar-refractivity contribution in [1.29, 1.82) is 0 Å². The van der Waals surface area contributed by atoms with Gasteiger partial charge in [0, 0.05) is 17.6 Å². The monoisotopic (exact) mass is 232 g/mol. The molecule has 1 aromatic heterocycles.